The third kappa shape index (κ3) is 2.14. The second-order valence-corrected chi connectivity index (χ2v) is 5.53. The van der Waals surface area contributed by atoms with Gasteiger partial charge in [0.15, 0.2) is 9.84 Å². The number of rotatable bonds is 2. The molecule has 0 aliphatic heterocycles. The van der Waals surface area contributed by atoms with Gasteiger partial charge in [0.25, 0.3) is 0 Å². The fourth-order valence-corrected chi connectivity index (χ4v) is 2.48. The predicted octanol–water partition coefficient (Wildman–Crippen LogP) is 2.56. The second-order valence-electron chi connectivity index (χ2n) is 3.54. The molecule has 0 amide bonds. The van der Waals surface area contributed by atoms with Crippen LogP contribution in [0.15, 0.2) is 53.4 Å². The lowest BCUT2D eigenvalue weighted by molar-refractivity contribution is 0.602. The molecule has 0 aliphatic carbocycles. The average molecular weight is 231 g/mol. The van der Waals surface area contributed by atoms with Crippen molar-refractivity contribution in [2.24, 2.45) is 0 Å². The van der Waals surface area contributed by atoms with Crippen molar-refractivity contribution in [3.63, 3.8) is 0 Å². The van der Waals surface area contributed by atoms with Crippen molar-refractivity contribution < 1.29 is 8.42 Å². The molecule has 2 nitrogen and oxygen atoms in total. The zero-order valence-corrected chi connectivity index (χ0v) is 9.66. The van der Waals surface area contributed by atoms with E-state index in [1.165, 1.54) is 6.26 Å². The van der Waals surface area contributed by atoms with Gasteiger partial charge in [-0.3, -0.25) is 0 Å². The molecule has 16 heavy (non-hydrogen) atoms. The lowest BCUT2D eigenvalue weighted by Gasteiger charge is -2.06. The van der Waals surface area contributed by atoms with Gasteiger partial charge in [-0.1, -0.05) is 42.5 Å². The molecular weight excluding hydrogens is 220 g/mol. The molecule has 0 heterocycles. The molecule has 0 aromatic heterocycles. The Balaban J connectivity index is 2.68. The average Bonchev–Trinajstić information content (AvgIpc) is 2.29. The fourth-order valence-electron chi connectivity index (χ4n) is 1.57. The van der Waals surface area contributed by atoms with Gasteiger partial charge in [0, 0.05) is 11.8 Å². The van der Waals surface area contributed by atoms with E-state index in [1.54, 1.807) is 24.3 Å². The molecule has 0 saturated heterocycles. The SMILES string of the molecule is CS(=O)(=O)c1ccccc1-c1[c]cccc1. The Morgan fingerprint density at radius 2 is 1.69 bits per heavy atom. The van der Waals surface area contributed by atoms with E-state index in [2.05, 4.69) is 6.07 Å². The van der Waals surface area contributed by atoms with E-state index >= 15 is 0 Å². The van der Waals surface area contributed by atoms with Crippen LogP contribution < -0.4 is 0 Å². The largest absolute Gasteiger partial charge is 0.224 e. The van der Waals surface area contributed by atoms with Crippen LogP contribution in [-0.2, 0) is 9.84 Å². The molecule has 0 spiro atoms. The molecule has 0 unspecified atom stereocenters. The number of hydrogen-bond donors (Lipinski definition) is 0. The van der Waals surface area contributed by atoms with Crippen LogP contribution in [0.3, 0.4) is 0 Å². The summed E-state index contributed by atoms with van der Waals surface area (Å²) in [5.74, 6) is 0. The molecule has 81 valence electrons. The minimum absolute atomic E-state index is 0.345. The van der Waals surface area contributed by atoms with Gasteiger partial charge >= 0.3 is 0 Å². The summed E-state index contributed by atoms with van der Waals surface area (Å²) < 4.78 is 23.2. The molecule has 2 aromatic carbocycles. The van der Waals surface area contributed by atoms with E-state index in [-0.39, 0.29) is 0 Å². The van der Waals surface area contributed by atoms with Gasteiger partial charge in [-0.05, 0) is 17.7 Å². The van der Waals surface area contributed by atoms with E-state index < -0.39 is 9.84 Å². The molecule has 3 heteroatoms. The van der Waals surface area contributed by atoms with Crippen LogP contribution in [-0.4, -0.2) is 14.7 Å². The Labute approximate surface area is 95.5 Å². The summed E-state index contributed by atoms with van der Waals surface area (Å²) in [7, 11) is -3.20. The van der Waals surface area contributed by atoms with Gasteiger partial charge in [-0.2, -0.15) is 0 Å². The third-order valence-electron chi connectivity index (χ3n) is 2.29. The van der Waals surface area contributed by atoms with Crippen LogP contribution in [0, 0.1) is 6.07 Å². The summed E-state index contributed by atoms with van der Waals surface area (Å²) in [6.45, 7) is 0. The topological polar surface area (TPSA) is 34.1 Å². The van der Waals surface area contributed by atoms with E-state index in [4.69, 9.17) is 0 Å². The molecule has 0 N–H and O–H groups in total. The van der Waals surface area contributed by atoms with Crippen molar-refractivity contribution in [2.45, 2.75) is 4.90 Å². The highest BCUT2D eigenvalue weighted by atomic mass is 32.2. The zero-order valence-electron chi connectivity index (χ0n) is 8.84. The first-order chi connectivity index (χ1) is 7.59. The van der Waals surface area contributed by atoms with Crippen molar-refractivity contribution in [1.82, 2.24) is 0 Å². The van der Waals surface area contributed by atoms with E-state index in [1.807, 2.05) is 24.3 Å². The maximum Gasteiger partial charge on any atom is 0.176 e. The molecule has 0 fully saturated rings. The lowest BCUT2D eigenvalue weighted by atomic mass is 10.1. The highest BCUT2D eigenvalue weighted by Crippen LogP contribution is 2.26. The number of hydrogen-bond acceptors (Lipinski definition) is 2. The molecule has 0 saturated carbocycles. The molecule has 2 rings (SSSR count). The molecule has 0 aliphatic rings. The van der Waals surface area contributed by atoms with E-state index in [9.17, 15) is 8.42 Å². The summed E-state index contributed by atoms with van der Waals surface area (Å²) in [6, 6.07) is 17.3. The number of benzene rings is 2. The van der Waals surface area contributed by atoms with E-state index in [0.717, 1.165) is 5.56 Å². The standard InChI is InChI=1S/C13H11O2S/c1-16(14,15)13-10-6-5-9-12(13)11-7-3-2-4-8-11/h2-7,9-10H,1H3. The van der Waals surface area contributed by atoms with Gasteiger partial charge in [0.2, 0.25) is 0 Å². The van der Waals surface area contributed by atoms with Crippen LogP contribution >= 0.6 is 0 Å². The van der Waals surface area contributed by atoms with Gasteiger partial charge in [-0.15, -0.1) is 0 Å². The minimum Gasteiger partial charge on any atom is -0.224 e. The Bertz CT molecular complexity index is 586. The highest BCUT2D eigenvalue weighted by Gasteiger charge is 2.13. The Hall–Kier alpha value is -1.61. The van der Waals surface area contributed by atoms with Gasteiger partial charge in [-0.25, -0.2) is 8.42 Å². The van der Waals surface area contributed by atoms with Crippen molar-refractivity contribution in [1.29, 1.82) is 0 Å². The normalized spacial score (nSPS) is 11.3. The summed E-state index contributed by atoms with van der Waals surface area (Å²) in [4.78, 5) is 0.345. The Kier molecular flexibility index (Phi) is 2.79. The quantitative estimate of drug-likeness (QED) is 0.796. The monoisotopic (exact) mass is 231 g/mol. The maximum atomic E-state index is 11.6. The first kappa shape index (κ1) is 10.9. The molecule has 1 radical (unpaired) electrons. The highest BCUT2D eigenvalue weighted by molar-refractivity contribution is 7.90. The summed E-state index contributed by atoms with van der Waals surface area (Å²) in [5.41, 5.74) is 1.49. The maximum absolute atomic E-state index is 11.6. The van der Waals surface area contributed by atoms with Crippen molar-refractivity contribution >= 4 is 9.84 Å². The first-order valence-corrected chi connectivity index (χ1v) is 6.74. The zero-order chi connectivity index (χ0) is 11.6. The summed E-state index contributed by atoms with van der Waals surface area (Å²) >= 11 is 0. The minimum atomic E-state index is -3.20. The molecule has 0 bridgehead atoms. The third-order valence-corrected chi connectivity index (χ3v) is 3.44. The molecule has 0 atom stereocenters. The van der Waals surface area contributed by atoms with Crippen LogP contribution in [0.4, 0.5) is 0 Å². The number of sulfone groups is 1. The first-order valence-electron chi connectivity index (χ1n) is 4.85. The Morgan fingerprint density at radius 1 is 1.00 bits per heavy atom. The van der Waals surface area contributed by atoms with Crippen LogP contribution in [0.1, 0.15) is 0 Å². The summed E-state index contributed by atoms with van der Waals surface area (Å²) in [6.07, 6.45) is 1.22. The second kappa shape index (κ2) is 4.10. The molecule has 2 aromatic rings. The van der Waals surface area contributed by atoms with Crippen LogP contribution in [0.25, 0.3) is 11.1 Å². The lowest BCUT2D eigenvalue weighted by Crippen LogP contribution is -1.99. The molecular formula is C13H11O2S. The van der Waals surface area contributed by atoms with Crippen LogP contribution in [0.2, 0.25) is 0 Å². The van der Waals surface area contributed by atoms with Gasteiger partial charge in [0.05, 0.1) is 4.90 Å². The predicted molar refractivity (Wildman–Crippen MR) is 63.8 cm³/mol. The van der Waals surface area contributed by atoms with Crippen molar-refractivity contribution in [3.05, 3.63) is 54.6 Å². The van der Waals surface area contributed by atoms with Crippen LogP contribution in [0.5, 0.6) is 0 Å². The van der Waals surface area contributed by atoms with E-state index in [0.29, 0.717) is 10.5 Å². The van der Waals surface area contributed by atoms with Crippen molar-refractivity contribution in [3.8, 4) is 11.1 Å². The van der Waals surface area contributed by atoms with Crippen molar-refractivity contribution in [2.75, 3.05) is 6.26 Å². The van der Waals surface area contributed by atoms with Gasteiger partial charge < -0.3 is 0 Å². The summed E-state index contributed by atoms with van der Waals surface area (Å²) in [5, 5.41) is 0. The smallest absolute Gasteiger partial charge is 0.176 e. The Morgan fingerprint density at radius 3 is 2.31 bits per heavy atom. The van der Waals surface area contributed by atoms with Gasteiger partial charge in [0.1, 0.15) is 0 Å². The fraction of sp³-hybridized carbons (Fsp3) is 0.0769.